The minimum atomic E-state index is -3.55. The van der Waals surface area contributed by atoms with Gasteiger partial charge < -0.3 is 5.11 Å². The molecule has 0 aliphatic heterocycles. The average Bonchev–Trinajstić information content (AvgIpc) is 2.35. The van der Waals surface area contributed by atoms with E-state index in [1.807, 2.05) is 0 Å². The van der Waals surface area contributed by atoms with Crippen LogP contribution in [-0.2, 0) is 10.0 Å². The minimum absolute atomic E-state index is 0.115. The predicted octanol–water partition coefficient (Wildman–Crippen LogP) is 2.68. The van der Waals surface area contributed by atoms with Crippen molar-refractivity contribution in [2.75, 3.05) is 0 Å². The predicted molar refractivity (Wildman–Crippen MR) is 77.7 cm³/mol. The van der Waals surface area contributed by atoms with Crippen LogP contribution in [0.5, 0.6) is 0 Å². The molecule has 0 heterocycles. The third-order valence-corrected chi connectivity index (χ3v) is 5.97. The van der Waals surface area contributed by atoms with Crippen molar-refractivity contribution in [3.05, 3.63) is 27.7 Å². The molecule has 0 amide bonds. The molecule has 0 spiro atoms. The summed E-state index contributed by atoms with van der Waals surface area (Å²) in [6, 6.07) is 4.43. The van der Waals surface area contributed by atoms with E-state index in [0.29, 0.717) is 35.2 Å². The fourth-order valence-corrected chi connectivity index (χ4v) is 3.95. The van der Waals surface area contributed by atoms with Gasteiger partial charge in [0.25, 0.3) is 0 Å². The van der Waals surface area contributed by atoms with Crippen molar-refractivity contribution >= 4 is 37.6 Å². The molecule has 4 nitrogen and oxygen atoms in total. The van der Waals surface area contributed by atoms with Crippen molar-refractivity contribution in [1.82, 2.24) is 4.72 Å². The third kappa shape index (κ3) is 3.92. The largest absolute Gasteiger partial charge is 0.393 e. The van der Waals surface area contributed by atoms with E-state index in [9.17, 15) is 13.5 Å². The van der Waals surface area contributed by atoms with Crippen molar-refractivity contribution in [3.63, 3.8) is 0 Å². The first-order chi connectivity index (χ1) is 8.88. The quantitative estimate of drug-likeness (QED) is 0.862. The van der Waals surface area contributed by atoms with Crippen LogP contribution in [0.1, 0.15) is 25.7 Å². The SMILES string of the molecule is O=S(=O)(NC1CCC(O)CC1)c1ccc(Br)c(Cl)c1. The molecule has 1 aromatic rings. The summed E-state index contributed by atoms with van der Waals surface area (Å²) in [5, 5.41) is 9.77. The van der Waals surface area contributed by atoms with Crippen LogP contribution in [0.3, 0.4) is 0 Å². The maximum absolute atomic E-state index is 12.2. The number of sulfonamides is 1. The van der Waals surface area contributed by atoms with Gasteiger partial charge >= 0.3 is 0 Å². The van der Waals surface area contributed by atoms with Crippen LogP contribution in [0.25, 0.3) is 0 Å². The molecule has 1 aliphatic carbocycles. The summed E-state index contributed by atoms with van der Waals surface area (Å²) in [6.07, 6.45) is 2.28. The van der Waals surface area contributed by atoms with E-state index in [4.69, 9.17) is 11.6 Å². The van der Waals surface area contributed by atoms with Crippen LogP contribution in [0, 0.1) is 0 Å². The van der Waals surface area contributed by atoms with E-state index in [1.54, 1.807) is 6.07 Å². The molecule has 0 unspecified atom stereocenters. The first kappa shape index (κ1) is 15.3. The average molecular weight is 369 g/mol. The van der Waals surface area contributed by atoms with Gasteiger partial charge in [-0.15, -0.1) is 0 Å². The second-order valence-electron chi connectivity index (χ2n) is 4.70. The van der Waals surface area contributed by atoms with Gasteiger partial charge in [0.2, 0.25) is 10.0 Å². The van der Waals surface area contributed by atoms with Gasteiger partial charge in [-0.05, 0) is 59.8 Å². The lowest BCUT2D eigenvalue weighted by Gasteiger charge is -2.26. The van der Waals surface area contributed by atoms with Crippen LogP contribution in [0.15, 0.2) is 27.6 Å². The Hall–Kier alpha value is -0.140. The molecule has 0 saturated heterocycles. The Bertz CT molecular complexity index is 556. The fraction of sp³-hybridized carbons (Fsp3) is 0.500. The molecule has 2 rings (SSSR count). The lowest BCUT2D eigenvalue weighted by Crippen LogP contribution is -2.38. The van der Waals surface area contributed by atoms with Gasteiger partial charge in [0.15, 0.2) is 0 Å². The number of halogens is 2. The first-order valence-electron chi connectivity index (χ1n) is 6.04. The topological polar surface area (TPSA) is 66.4 Å². The Kier molecular flexibility index (Phi) is 4.89. The van der Waals surface area contributed by atoms with Gasteiger partial charge in [0.1, 0.15) is 0 Å². The molecule has 0 radical (unpaired) electrons. The van der Waals surface area contributed by atoms with Gasteiger partial charge in [0.05, 0.1) is 16.0 Å². The summed E-state index contributed by atoms with van der Waals surface area (Å²) in [5.41, 5.74) is 0. The Labute approximate surface area is 126 Å². The zero-order chi connectivity index (χ0) is 14.0. The monoisotopic (exact) mass is 367 g/mol. The van der Waals surface area contributed by atoms with E-state index in [1.165, 1.54) is 12.1 Å². The van der Waals surface area contributed by atoms with Gasteiger partial charge in [-0.1, -0.05) is 11.6 Å². The third-order valence-electron chi connectivity index (χ3n) is 3.22. The van der Waals surface area contributed by atoms with E-state index < -0.39 is 10.0 Å². The van der Waals surface area contributed by atoms with Crippen LogP contribution < -0.4 is 4.72 Å². The van der Waals surface area contributed by atoms with Gasteiger partial charge in [-0.3, -0.25) is 0 Å². The summed E-state index contributed by atoms with van der Waals surface area (Å²) in [6.45, 7) is 0. The molecule has 106 valence electrons. The number of hydrogen-bond donors (Lipinski definition) is 2. The highest BCUT2D eigenvalue weighted by molar-refractivity contribution is 9.10. The maximum Gasteiger partial charge on any atom is 0.240 e. The molecule has 0 aromatic heterocycles. The van der Waals surface area contributed by atoms with Gasteiger partial charge in [-0.25, -0.2) is 13.1 Å². The second-order valence-corrected chi connectivity index (χ2v) is 7.68. The first-order valence-corrected chi connectivity index (χ1v) is 8.69. The van der Waals surface area contributed by atoms with Crippen molar-refractivity contribution < 1.29 is 13.5 Å². The van der Waals surface area contributed by atoms with Crippen LogP contribution in [0.4, 0.5) is 0 Å². The van der Waals surface area contributed by atoms with Crippen LogP contribution >= 0.6 is 27.5 Å². The van der Waals surface area contributed by atoms with E-state index in [0.717, 1.165) is 0 Å². The summed E-state index contributed by atoms with van der Waals surface area (Å²) >= 11 is 9.14. The Morgan fingerprint density at radius 3 is 2.47 bits per heavy atom. The van der Waals surface area contributed by atoms with Crippen molar-refractivity contribution in [2.24, 2.45) is 0 Å². The highest BCUT2D eigenvalue weighted by Crippen LogP contribution is 2.26. The Morgan fingerprint density at radius 2 is 1.89 bits per heavy atom. The number of nitrogens with one attached hydrogen (secondary N) is 1. The van der Waals surface area contributed by atoms with Gasteiger partial charge in [0, 0.05) is 10.5 Å². The number of benzene rings is 1. The summed E-state index contributed by atoms with van der Waals surface area (Å²) < 4.78 is 27.7. The van der Waals surface area contributed by atoms with E-state index in [-0.39, 0.29) is 17.0 Å². The number of rotatable bonds is 3. The molecule has 1 saturated carbocycles. The number of hydrogen-bond acceptors (Lipinski definition) is 3. The zero-order valence-corrected chi connectivity index (χ0v) is 13.3. The van der Waals surface area contributed by atoms with Crippen LogP contribution in [-0.4, -0.2) is 25.7 Å². The lowest BCUT2D eigenvalue weighted by molar-refractivity contribution is 0.120. The smallest absolute Gasteiger partial charge is 0.240 e. The molecule has 1 fully saturated rings. The van der Waals surface area contributed by atoms with Gasteiger partial charge in [-0.2, -0.15) is 0 Å². The standard InChI is InChI=1S/C12H15BrClNO3S/c13-11-6-5-10(7-12(11)14)19(17,18)15-8-1-3-9(16)4-2-8/h5-9,15-16H,1-4H2. The molecule has 7 heteroatoms. The molecule has 19 heavy (non-hydrogen) atoms. The summed E-state index contributed by atoms with van der Waals surface area (Å²) in [4.78, 5) is 0.159. The normalized spacial score (nSPS) is 24.4. The van der Waals surface area contributed by atoms with E-state index in [2.05, 4.69) is 20.7 Å². The summed E-state index contributed by atoms with van der Waals surface area (Å²) in [5.74, 6) is 0. The van der Waals surface area contributed by atoms with E-state index >= 15 is 0 Å². The molecular formula is C12H15BrClNO3S. The summed E-state index contributed by atoms with van der Waals surface area (Å²) in [7, 11) is -3.55. The van der Waals surface area contributed by atoms with Crippen molar-refractivity contribution in [1.29, 1.82) is 0 Å². The Balaban J connectivity index is 2.11. The Morgan fingerprint density at radius 1 is 1.26 bits per heavy atom. The molecular weight excluding hydrogens is 354 g/mol. The highest BCUT2D eigenvalue weighted by Gasteiger charge is 2.25. The molecule has 2 N–H and O–H groups in total. The van der Waals surface area contributed by atoms with Crippen molar-refractivity contribution in [3.8, 4) is 0 Å². The molecule has 0 atom stereocenters. The second kappa shape index (κ2) is 6.10. The van der Waals surface area contributed by atoms with Crippen LogP contribution in [0.2, 0.25) is 5.02 Å². The molecule has 1 aromatic carbocycles. The lowest BCUT2D eigenvalue weighted by atomic mass is 9.94. The minimum Gasteiger partial charge on any atom is -0.393 e. The van der Waals surface area contributed by atoms with Crippen molar-refractivity contribution in [2.45, 2.75) is 42.7 Å². The molecule has 1 aliphatic rings. The molecule has 0 bridgehead atoms. The number of aliphatic hydroxyl groups excluding tert-OH is 1. The number of aliphatic hydroxyl groups is 1. The maximum atomic E-state index is 12.2. The fourth-order valence-electron chi connectivity index (χ4n) is 2.13. The zero-order valence-electron chi connectivity index (χ0n) is 10.1. The highest BCUT2D eigenvalue weighted by atomic mass is 79.9.